The van der Waals surface area contributed by atoms with E-state index in [-0.39, 0.29) is 24.9 Å². The predicted molar refractivity (Wildman–Crippen MR) is 85.8 cm³/mol. The molecule has 0 spiro atoms. The summed E-state index contributed by atoms with van der Waals surface area (Å²) >= 11 is 12.2. The largest absolute Gasteiger partial charge is 0.342 e. The van der Waals surface area contributed by atoms with Crippen molar-refractivity contribution in [2.45, 2.75) is 19.3 Å². The van der Waals surface area contributed by atoms with Gasteiger partial charge in [0.25, 0.3) is 0 Å². The van der Waals surface area contributed by atoms with Crippen LogP contribution in [0.3, 0.4) is 0 Å². The zero-order valence-electron chi connectivity index (χ0n) is 11.1. The second-order valence-electron chi connectivity index (χ2n) is 4.97. The second-order valence-corrected chi connectivity index (χ2v) is 5.81. The molecule has 1 saturated heterocycles. The Labute approximate surface area is 135 Å². The van der Waals surface area contributed by atoms with Gasteiger partial charge in [0.1, 0.15) is 0 Å². The van der Waals surface area contributed by atoms with Gasteiger partial charge in [-0.2, -0.15) is 0 Å². The molecule has 0 radical (unpaired) electrons. The fourth-order valence-electron chi connectivity index (χ4n) is 2.53. The summed E-state index contributed by atoms with van der Waals surface area (Å²) < 4.78 is 0. The molecule has 1 aromatic rings. The zero-order valence-corrected chi connectivity index (χ0v) is 13.5. The summed E-state index contributed by atoms with van der Waals surface area (Å²) in [4.78, 5) is 13.3. The third-order valence-corrected chi connectivity index (χ3v) is 4.26. The van der Waals surface area contributed by atoms with Crippen molar-refractivity contribution in [3.8, 4) is 0 Å². The van der Waals surface area contributed by atoms with Gasteiger partial charge in [-0.3, -0.25) is 4.79 Å². The Morgan fingerprint density at radius 2 is 1.95 bits per heavy atom. The number of carbonyl (C=O) groups excluding carboxylic acids is 1. The number of carbonyl (C=O) groups is 1. The van der Waals surface area contributed by atoms with Gasteiger partial charge in [-0.25, -0.2) is 0 Å². The summed E-state index contributed by atoms with van der Waals surface area (Å²) in [5.41, 5.74) is 6.47. The summed E-state index contributed by atoms with van der Waals surface area (Å²) in [5.74, 6) is 0.594. The van der Waals surface area contributed by atoms with Crippen molar-refractivity contribution in [3.05, 3.63) is 33.8 Å². The molecule has 0 aromatic heterocycles. The topological polar surface area (TPSA) is 46.3 Å². The van der Waals surface area contributed by atoms with E-state index in [9.17, 15) is 4.79 Å². The van der Waals surface area contributed by atoms with Crippen molar-refractivity contribution in [2.24, 2.45) is 11.7 Å². The second kappa shape index (κ2) is 8.08. The van der Waals surface area contributed by atoms with Gasteiger partial charge in [-0.15, -0.1) is 12.4 Å². The first-order valence-electron chi connectivity index (χ1n) is 6.52. The molecular formula is C14H19Cl3N2O. The van der Waals surface area contributed by atoms with Crippen molar-refractivity contribution < 1.29 is 4.79 Å². The first-order chi connectivity index (χ1) is 9.10. The van der Waals surface area contributed by atoms with Crippen LogP contribution >= 0.6 is 35.6 Å². The van der Waals surface area contributed by atoms with E-state index in [0.717, 1.165) is 48.0 Å². The van der Waals surface area contributed by atoms with Gasteiger partial charge >= 0.3 is 0 Å². The highest BCUT2D eigenvalue weighted by Gasteiger charge is 2.22. The van der Waals surface area contributed by atoms with Crippen molar-refractivity contribution in [1.82, 2.24) is 4.90 Å². The minimum absolute atomic E-state index is 0. The summed E-state index contributed by atoms with van der Waals surface area (Å²) in [6.45, 7) is 1.68. The lowest BCUT2D eigenvalue weighted by Gasteiger charge is -2.32. The maximum absolute atomic E-state index is 11.5. The van der Waals surface area contributed by atoms with Crippen LogP contribution in [-0.2, 0) is 11.2 Å². The molecule has 1 heterocycles. The minimum atomic E-state index is 0. The van der Waals surface area contributed by atoms with Gasteiger partial charge in [0.05, 0.1) is 6.54 Å². The number of likely N-dealkylation sites (tertiary alicyclic amines) is 1. The Bertz CT molecular complexity index is 460. The van der Waals surface area contributed by atoms with Gasteiger partial charge in [0.15, 0.2) is 0 Å². The molecule has 0 atom stereocenters. The third-order valence-electron chi connectivity index (χ3n) is 3.66. The predicted octanol–water partition coefficient (Wildman–Crippen LogP) is 3.16. The highest BCUT2D eigenvalue weighted by molar-refractivity contribution is 6.33. The van der Waals surface area contributed by atoms with Gasteiger partial charge in [0.2, 0.25) is 5.91 Å². The van der Waals surface area contributed by atoms with Crippen LogP contribution in [0.15, 0.2) is 18.2 Å². The van der Waals surface area contributed by atoms with E-state index in [1.54, 1.807) is 6.07 Å². The number of hydrogen-bond acceptors (Lipinski definition) is 2. The van der Waals surface area contributed by atoms with Gasteiger partial charge in [-0.1, -0.05) is 23.2 Å². The Balaban J connectivity index is 0.00000200. The molecular weight excluding hydrogens is 319 g/mol. The van der Waals surface area contributed by atoms with Crippen LogP contribution in [0, 0.1) is 5.92 Å². The molecule has 0 unspecified atom stereocenters. The lowest BCUT2D eigenvalue weighted by molar-refractivity contribution is -0.131. The maximum Gasteiger partial charge on any atom is 0.236 e. The Morgan fingerprint density at radius 1 is 1.30 bits per heavy atom. The molecule has 2 rings (SSSR count). The summed E-state index contributed by atoms with van der Waals surface area (Å²) in [7, 11) is 0. The molecule has 1 aliphatic heterocycles. The highest BCUT2D eigenvalue weighted by atomic mass is 35.5. The van der Waals surface area contributed by atoms with E-state index in [1.807, 2.05) is 17.0 Å². The molecule has 20 heavy (non-hydrogen) atoms. The third kappa shape index (κ3) is 4.52. The molecule has 1 amide bonds. The minimum Gasteiger partial charge on any atom is -0.342 e. The molecule has 1 aliphatic rings. The fourth-order valence-corrected chi connectivity index (χ4v) is 2.92. The van der Waals surface area contributed by atoms with Gasteiger partial charge in [0, 0.05) is 23.1 Å². The Kier molecular flexibility index (Phi) is 7.10. The normalized spacial score (nSPS) is 15.8. The van der Waals surface area contributed by atoms with Crippen molar-refractivity contribution in [1.29, 1.82) is 0 Å². The van der Waals surface area contributed by atoms with Crippen LogP contribution in [-0.4, -0.2) is 30.4 Å². The monoisotopic (exact) mass is 336 g/mol. The van der Waals surface area contributed by atoms with Crippen LogP contribution in [0.1, 0.15) is 18.4 Å². The number of nitrogens with two attached hydrogens (primary N) is 1. The number of hydrogen-bond donors (Lipinski definition) is 1. The molecule has 0 aliphatic carbocycles. The van der Waals surface area contributed by atoms with Crippen LogP contribution in [0.5, 0.6) is 0 Å². The number of benzene rings is 1. The summed E-state index contributed by atoms with van der Waals surface area (Å²) in [5, 5.41) is 1.49. The fraction of sp³-hybridized carbons (Fsp3) is 0.500. The average Bonchev–Trinajstić information content (AvgIpc) is 2.43. The molecule has 0 bridgehead atoms. The molecule has 6 heteroatoms. The van der Waals surface area contributed by atoms with E-state index in [4.69, 9.17) is 28.9 Å². The Morgan fingerprint density at radius 3 is 2.55 bits per heavy atom. The molecule has 1 fully saturated rings. The van der Waals surface area contributed by atoms with E-state index >= 15 is 0 Å². The van der Waals surface area contributed by atoms with Crippen LogP contribution in [0.4, 0.5) is 0 Å². The van der Waals surface area contributed by atoms with Crippen LogP contribution < -0.4 is 5.73 Å². The first-order valence-corrected chi connectivity index (χ1v) is 7.27. The van der Waals surface area contributed by atoms with E-state index < -0.39 is 0 Å². The van der Waals surface area contributed by atoms with Crippen molar-refractivity contribution in [2.75, 3.05) is 19.6 Å². The quantitative estimate of drug-likeness (QED) is 0.921. The molecule has 1 aromatic carbocycles. The lowest BCUT2D eigenvalue weighted by atomic mass is 9.90. The molecule has 112 valence electrons. The van der Waals surface area contributed by atoms with Crippen molar-refractivity contribution in [3.63, 3.8) is 0 Å². The SMILES string of the molecule is Cl.NCC(=O)N1CCC(Cc2cc(Cl)ccc2Cl)CC1. The van der Waals surface area contributed by atoms with E-state index in [0.29, 0.717) is 5.92 Å². The lowest BCUT2D eigenvalue weighted by Crippen LogP contribution is -2.41. The number of nitrogens with zero attached hydrogens (tertiary/aromatic N) is 1. The zero-order chi connectivity index (χ0) is 13.8. The number of amides is 1. The standard InChI is InChI=1S/C14H18Cl2N2O.ClH/c15-12-1-2-13(16)11(8-12)7-10-3-5-18(6-4-10)14(19)9-17;/h1-2,8,10H,3-7,9,17H2;1H. The summed E-state index contributed by atoms with van der Waals surface area (Å²) in [6.07, 6.45) is 2.91. The highest BCUT2D eigenvalue weighted by Crippen LogP contribution is 2.27. The van der Waals surface area contributed by atoms with Gasteiger partial charge < -0.3 is 10.6 Å². The molecule has 2 N–H and O–H groups in total. The van der Waals surface area contributed by atoms with Crippen LogP contribution in [0.2, 0.25) is 10.0 Å². The number of rotatable bonds is 3. The molecule has 0 saturated carbocycles. The van der Waals surface area contributed by atoms with Crippen LogP contribution in [0.25, 0.3) is 0 Å². The summed E-state index contributed by atoms with van der Waals surface area (Å²) in [6, 6.07) is 5.57. The van der Waals surface area contributed by atoms with Crippen molar-refractivity contribution >= 4 is 41.5 Å². The maximum atomic E-state index is 11.5. The number of halogens is 3. The van der Waals surface area contributed by atoms with E-state index in [2.05, 4.69) is 0 Å². The first kappa shape index (κ1) is 17.6. The molecule has 3 nitrogen and oxygen atoms in total. The average molecular weight is 338 g/mol. The number of piperidine rings is 1. The van der Waals surface area contributed by atoms with E-state index in [1.165, 1.54) is 0 Å². The smallest absolute Gasteiger partial charge is 0.236 e. The Hall–Kier alpha value is -0.480. The van der Waals surface area contributed by atoms with Gasteiger partial charge in [-0.05, 0) is 48.9 Å².